The number of hydrogen-bond acceptors (Lipinski definition) is 5. The third-order valence-corrected chi connectivity index (χ3v) is 4.12. The van der Waals surface area contributed by atoms with Gasteiger partial charge in [0.25, 0.3) is 5.91 Å². The van der Waals surface area contributed by atoms with Crippen molar-refractivity contribution < 1.29 is 9.53 Å². The van der Waals surface area contributed by atoms with E-state index in [-0.39, 0.29) is 5.91 Å². The topological polar surface area (TPSA) is 55.6 Å². The van der Waals surface area contributed by atoms with E-state index in [1.54, 1.807) is 6.08 Å². The van der Waals surface area contributed by atoms with Crippen molar-refractivity contribution in [2.24, 2.45) is 5.84 Å². The Bertz CT molecular complexity index is 637. The van der Waals surface area contributed by atoms with Crippen molar-refractivity contribution in [2.75, 3.05) is 6.61 Å². The maximum absolute atomic E-state index is 11.8. The Labute approximate surface area is 119 Å². The molecule has 96 valence electrons. The molecule has 3 rings (SSSR count). The van der Waals surface area contributed by atoms with Crippen molar-refractivity contribution in [3.63, 3.8) is 0 Å². The molecule has 2 heterocycles. The number of fused-ring (bicyclic) bond motifs is 1. The summed E-state index contributed by atoms with van der Waals surface area (Å²) in [5.74, 6) is 6.11. The predicted octanol–water partition coefficient (Wildman–Crippen LogP) is 2.08. The minimum Gasteiger partial charge on any atom is -0.488 e. The zero-order valence-electron chi connectivity index (χ0n) is 9.83. The molecule has 1 aromatic carbocycles. The number of nitrogens with zero attached hydrogens (tertiary/aromatic N) is 1. The minimum atomic E-state index is -0.269. The van der Waals surface area contributed by atoms with Crippen molar-refractivity contribution in [1.82, 2.24) is 5.01 Å². The number of thiocarbonyl (C=S) groups is 1. The van der Waals surface area contributed by atoms with E-state index < -0.39 is 0 Å². The smallest absolute Gasteiger partial charge is 0.280 e. The number of amides is 1. The molecule has 0 spiro atoms. The number of thioether (sulfide) groups is 1. The summed E-state index contributed by atoms with van der Waals surface area (Å²) in [7, 11) is 0. The Morgan fingerprint density at radius 1 is 1.42 bits per heavy atom. The fraction of sp³-hybridized carbons (Fsp3) is 0.0769. The van der Waals surface area contributed by atoms with Crippen molar-refractivity contribution in [1.29, 1.82) is 0 Å². The minimum absolute atomic E-state index is 0.269. The lowest BCUT2D eigenvalue weighted by Crippen LogP contribution is -2.34. The first kappa shape index (κ1) is 12.4. The predicted molar refractivity (Wildman–Crippen MR) is 79.2 cm³/mol. The van der Waals surface area contributed by atoms with Gasteiger partial charge in [-0.1, -0.05) is 42.2 Å². The monoisotopic (exact) mass is 290 g/mol. The van der Waals surface area contributed by atoms with Crippen LogP contribution in [0.3, 0.4) is 0 Å². The van der Waals surface area contributed by atoms with E-state index in [1.165, 1.54) is 11.8 Å². The quantitative estimate of drug-likeness (QED) is 0.371. The molecule has 2 aliphatic rings. The molecule has 6 heteroatoms. The number of benzene rings is 1. The first-order valence-corrected chi connectivity index (χ1v) is 6.83. The average Bonchev–Trinajstić information content (AvgIpc) is 2.66. The summed E-state index contributed by atoms with van der Waals surface area (Å²) in [6.07, 6.45) is 3.78. The van der Waals surface area contributed by atoms with E-state index in [4.69, 9.17) is 22.8 Å². The lowest BCUT2D eigenvalue weighted by atomic mass is 10.1. The van der Waals surface area contributed by atoms with Gasteiger partial charge in [-0.05, 0) is 23.8 Å². The highest BCUT2D eigenvalue weighted by atomic mass is 32.2. The van der Waals surface area contributed by atoms with Crippen molar-refractivity contribution in [3.05, 3.63) is 46.4 Å². The Morgan fingerprint density at radius 3 is 2.95 bits per heavy atom. The van der Waals surface area contributed by atoms with Gasteiger partial charge in [0, 0.05) is 5.56 Å². The fourth-order valence-electron chi connectivity index (χ4n) is 1.87. The molecule has 0 aromatic heterocycles. The van der Waals surface area contributed by atoms with Crippen LogP contribution < -0.4 is 10.6 Å². The SMILES string of the molecule is NN1C(=O)/C(=C/C2=Cc3ccccc3OC2)SC1=S. The number of nitrogens with two attached hydrogens (primary N) is 1. The molecule has 19 heavy (non-hydrogen) atoms. The third kappa shape index (κ3) is 2.30. The maximum atomic E-state index is 11.8. The molecule has 0 unspecified atom stereocenters. The average molecular weight is 290 g/mol. The van der Waals surface area contributed by atoms with Crippen LogP contribution in [0.4, 0.5) is 0 Å². The van der Waals surface area contributed by atoms with E-state index in [0.29, 0.717) is 15.8 Å². The van der Waals surface area contributed by atoms with Gasteiger partial charge in [-0.25, -0.2) is 10.9 Å². The summed E-state index contributed by atoms with van der Waals surface area (Å²) in [5, 5.41) is 0.990. The van der Waals surface area contributed by atoms with Crippen LogP contribution in [0.2, 0.25) is 0 Å². The van der Waals surface area contributed by atoms with Crippen LogP contribution in [0.25, 0.3) is 6.08 Å². The maximum Gasteiger partial charge on any atom is 0.280 e. The second kappa shape index (κ2) is 4.80. The van der Waals surface area contributed by atoms with E-state index in [9.17, 15) is 4.79 Å². The highest BCUT2D eigenvalue weighted by Crippen LogP contribution is 2.32. The highest BCUT2D eigenvalue weighted by molar-refractivity contribution is 8.26. The van der Waals surface area contributed by atoms with Gasteiger partial charge in [0.2, 0.25) is 0 Å². The zero-order valence-corrected chi connectivity index (χ0v) is 11.5. The molecule has 1 fully saturated rings. The molecule has 0 bridgehead atoms. The van der Waals surface area contributed by atoms with Crippen molar-refractivity contribution in [2.45, 2.75) is 0 Å². The molecule has 0 radical (unpaired) electrons. The van der Waals surface area contributed by atoms with Gasteiger partial charge >= 0.3 is 0 Å². The standard InChI is InChI=1S/C13H10N2O2S2/c14-15-12(16)11(19-13(15)18)6-8-5-9-3-1-2-4-10(9)17-7-8/h1-6H,7,14H2/b11-6-. The molecule has 1 amide bonds. The lowest BCUT2D eigenvalue weighted by Gasteiger charge is -2.15. The Hall–Kier alpha value is -1.63. The summed E-state index contributed by atoms with van der Waals surface area (Å²) >= 11 is 6.18. The fourth-order valence-corrected chi connectivity index (χ4v) is 2.98. The van der Waals surface area contributed by atoms with Gasteiger partial charge in [0.15, 0.2) is 4.32 Å². The molecular formula is C13H10N2O2S2. The zero-order chi connectivity index (χ0) is 13.4. The molecule has 1 saturated heterocycles. The number of hydrazine groups is 1. The van der Waals surface area contributed by atoms with Gasteiger partial charge in [-0.3, -0.25) is 4.79 Å². The van der Waals surface area contributed by atoms with Gasteiger partial charge in [-0.15, -0.1) is 0 Å². The summed E-state index contributed by atoms with van der Waals surface area (Å²) in [6, 6.07) is 7.76. The summed E-state index contributed by atoms with van der Waals surface area (Å²) in [4.78, 5) is 12.3. The van der Waals surface area contributed by atoms with Crippen LogP contribution in [0.1, 0.15) is 5.56 Å². The van der Waals surface area contributed by atoms with Crippen LogP contribution in [0.5, 0.6) is 5.75 Å². The van der Waals surface area contributed by atoms with Gasteiger partial charge in [0.1, 0.15) is 12.4 Å². The number of carbonyl (C=O) groups is 1. The van der Waals surface area contributed by atoms with E-state index >= 15 is 0 Å². The molecule has 4 nitrogen and oxygen atoms in total. The number of rotatable bonds is 1. The molecule has 1 aromatic rings. The second-order valence-corrected chi connectivity index (χ2v) is 5.77. The van der Waals surface area contributed by atoms with Crippen LogP contribution >= 0.6 is 24.0 Å². The summed E-state index contributed by atoms with van der Waals surface area (Å²) in [6.45, 7) is 0.436. The molecule has 0 saturated carbocycles. The van der Waals surface area contributed by atoms with Crippen LogP contribution in [-0.4, -0.2) is 21.8 Å². The highest BCUT2D eigenvalue weighted by Gasteiger charge is 2.30. The first-order chi connectivity index (χ1) is 9.15. The van der Waals surface area contributed by atoms with E-state index in [1.807, 2.05) is 30.3 Å². The number of hydrogen-bond donors (Lipinski definition) is 1. The van der Waals surface area contributed by atoms with Crippen LogP contribution in [0, 0.1) is 0 Å². The largest absolute Gasteiger partial charge is 0.488 e. The Morgan fingerprint density at radius 2 is 2.21 bits per heavy atom. The molecule has 2 aliphatic heterocycles. The van der Waals surface area contributed by atoms with Gasteiger partial charge < -0.3 is 4.74 Å². The molecular weight excluding hydrogens is 280 g/mol. The summed E-state index contributed by atoms with van der Waals surface area (Å²) < 4.78 is 5.99. The van der Waals surface area contributed by atoms with Crippen LogP contribution in [-0.2, 0) is 4.79 Å². The van der Waals surface area contributed by atoms with Crippen LogP contribution in [0.15, 0.2) is 40.8 Å². The number of carbonyl (C=O) groups excluding carboxylic acids is 1. The van der Waals surface area contributed by atoms with E-state index in [2.05, 4.69) is 0 Å². The normalized spacial score (nSPS) is 20.4. The molecule has 0 atom stereocenters. The van der Waals surface area contributed by atoms with Gasteiger partial charge in [-0.2, -0.15) is 0 Å². The molecule has 0 aliphatic carbocycles. The Balaban J connectivity index is 1.92. The van der Waals surface area contributed by atoms with Gasteiger partial charge in [0.05, 0.1) is 4.91 Å². The number of ether oxygens (including phenoxy) is 1. The Kier molecular flexibility index (Phi) is 3.14. The molecule has 2 N–H and O–H groups in total. The third-order valence-electron chi connectivity index (χ3n) is 2.79. The second-order valence-electron chi connectivity index (χ2n) is 4.10. The van der Waals surface area contributed by atoms with E-state index in [0.717, 1.165) is 21.9 Å². The lowest BCUT2D eigenvalue weighted by molar-refractivity contribution is -0.122. The first-order valence-electron chi connectivity index (χ1n) is 5.60. The summed E-state index contributed by atoms with van der Waals surface area (Å²) in [5.41, 5.74) is 1.93. The number of para-hydroxylation sites is 1. The van der Waals surface area contributed by atoms with Crippen molar-refractivity contribution >= 4 is 40.3 Å². The van der Waals surface area contributed by atoms with Crippen molar-refractivity contribution in [3.8, 4) is 5.75 Å².